The topological polar surface area (TPSA) is 68.5 Å². The molecule has 0 spiro atoms. The summed E-state index contributed by atoms with van der Waals surface area (Å²) in [4.78, 5) is 13.5. The summed E-state index contributed by atoms with van der Waals surface area (Å²) < 4.78 is 1.95. The molecule has 0 radical (unpaired) electrons. The van der Waals surface area contributed by atoms with Gasteiger partial charge in [0.05, 0.1) is 6.20 Å². The Labute approximate surface area is 147 Å². The number of aromatic nitrogens is 5. The fourth-order valence-corrected chi connectivity index (χ4v) is 3.30. The van der Waals surface area contributed by atoms with Crippen LogP contribution in [0.1, 0.15) is 42.6 Å². The standard InChI is InChI=1S/C19H22N6/c1-2-25-13-14(10-23-25)9-21-17-6-3-7-18-16(17)12-22-19(24-18)15-5-4-8-20-11-15/h4-5,8,10-13,17,21H,2-3,6-7,9H2,1H3/t17-/m1/s1. The van der Waals surface area contributed by atoms with E-state index in [-0.39, 0.29) is 0 Å². The van der Waals surface area contributed by atoms with Gasteiger partial charge < -0.3 is 5.32 Å². The summed E-state index contributed by atoms with van der Waals surface area (Å²) in [5.74, 6) is 0.761. The van der Waals surface area contributed by atoms with Crippen LogP contribution in [0.3, 0.4) is 0 Å². The molecular formula is C19H22N6. The number of rotatable bonds is 5. The number of pyridine rings is 1. The SMILES string of the molecule is CCn1cc(CN[C@@H]2CCCc3nc(-c4cccnc4)ncc32)cn1. The van der Waals surface area contributed by atoms with Crippen LogP contribution < -0.4 is 5.32 Å². The molecule has 1 atom stereocenters. The minimum Gasteiger partial charge on any atom is -0.306 e. The molecule has 0 saturated heterocycles. The number of aryl methyl sites for hydroxylation is 2. The Morgan fingerprint density at radius 3 is 3.04 bits per heavy atom. The fourth-order valence-electron chi connectivity index (χ4n) is 3.30. The number of fused-ring (bicyclic) bond motifs is 1. The lowest BCUT2D eigenvalue weighted by Crippen LogP contribution is -2.25. The highest BCUT2D eigenvalue weighted by molar-refractivity contribution is 5.53. The van der Waals surface area contributed by atoms with Gasteiger partial charge in [0.1, 0.15) is 0 Å². The first-order valence-corrected chi connectivity index (χ1v) is 8.84. The van der Waals surface area contributed by atoms with E-state index in [0.29, 0.717) is 6.04 Å². The zero-order chi connectivity index (χ0) is 17.1. The third kappa shape index (κ3) is 3.44. The van der Waals surface area contributed by atoms with Crippen molar-refractivity contribution in [2.24, 2.45) is 0 Å². The van der Waals surface area contributed by atoms with Crippen molar-refractivity contribution in [2.45, 2.75) is 45.3 Å². The lowest BCUT2D eigenvalue weighted by Gasteiger charge is -2.25. The summed E-state index contributed by atoms with van der Waals surface area (Å²) in [7, 11) is 0. The Bertz CT molecular complexity index is 842. The number of hydrogen-bond donors (Lipinski definition) is 1. The Morgan fingerprint density at radius 1 is 1.28 bits per heavy atom. The maximum atomic E-state index is 4.80. The second-order valence-electron chi connectivity index (χ2n) is 6.37. The van der Waals surface area contributed by atoms with Crippen LogP contribution in [-0.4, -0.2) is 24.7 Å². The highest BCUT2D eigenvalue weighted by Gasteiger charge is 2.22. The Hall–Kier alpha value is -2.60. The van der Waals surface area contributed by atoms with Crippen molar-refractivity contribution in [1.29, 1.82) is 0 Å². The lowest BCUT2D eigenvalue weighted by atomic mass is 9.92. The summed E-state index contributed by atoms with van der Waals surface area (Å²) in [6.07, 6.45) is 12.9. The van der Waals surface area contributed by atoms with Gasteiger partial charge in [-0.2, -0.15) is 5.10 Å². The molecular weight excluding hydrogens is 312 g/mol. The molecule has 1 aliphatic carbocycles. The smallest absolute Gasteiger partial charge is 0.160 e. The number of hydrogen-bond acceptors (Lipinski definition) is 5. The monoisotopic (exact) mass is 334 g/mol. The summed E-state index contributed by atoms with van der Waals surface area (Å²) in [6, 6.07) is 4.22. The number of nitrogens with zero attached hydrogens (tertiary/aromatic N) is 5. The van der Waals surface area contributed by atoms with Gasteiger partial charge in [0.2, 0.25) is 0 Å². The van der Waals surface area contributed by atoms with Gasteiger partial charge in [-0.15, -0.1) is 0 Å². The molecule has 0 bridgehead atoms. The summed E-state index contributed by atoms with van der Waals surface area (Å²) in [5, 5.41) is 7.98. The van der Waals surface area contributed by atoms with Crippen LogP contribution in [0.5, 0.6) is 0 Å². The van der Waals surface area contributed by atoms with Crippen LogP contribution in [0, 0.1) is 0 Å². The van der Waals surface area contributed by atoms with Crippen LogP contribution >= 0.6 is 0 Å². The second kappa shape index (κ2) is 7.11. The highest BCUT2D eigenvalue weighted by Crippen LogP contribution is 2.29. The molecule has 3 aromatic heterocycles. The van der Waals surface area contributed by atoms with E-state index >= 15 is 0 Å². The quantitative estimate of drug-likeness (QED) is 0.777. The third-order valence-corrected chi connectivity index (χ3v) is 4.66. The van der Waals surface area contributed by atoms with E-state index in [9.17, 15) is 0 Å². The van der Waals surface area contributed by atoms with Crippen molar-refractivity contribution in [3.8, 4) is 11.4 Å². The first-order valence-electron chi connectivity index (χ1n) is 8.84. The molecule has 6 nitrogen and oxygen atoms in total. The van der Waals surface area contributed by atoms with Gasteiger partial charge in [0.25, 0.3) is 0 Å². The minimum absolute atomic E-state index is 0.302. The molecule has 128 valence electrons. The average molecular weight is 334 g/mol. The molecule has 25 heavy (non-hydrogen) atoms. The summed E-state index contributed by atoms with van der Waals surface area (Å²) in [5.41, 5.74) is 4.55. The van der Waals surface area contributed by atoms with E-state index in [0.717, 1.165) is 49.4 Å². The van der Waals surface area contributed by atoms with Crippen LogP contribution in [0.2, 0.25) is 0 Å². The van der Waals surface area contributed by atoms with E-state index in [1.807, 2.05) is 35.4 Å². The van der Waals surface area contributed by atoms with Crippen molar-refractivity contribution < 1.29 is 0 Å². The minimum atomic E-state index is 0.302. The molecule has 3 heterocycles. The molecule has 1 aliphatic rings. The van der Waals surface area contributed by atoms with Crippen LogP contribution in [-0.2, 0) is 19.5 Å². The van der Waals surface area contributed by atoms with Crippen LogP contribution in [0.25, 0.3) is 11.4 Å². The van der Waals surface area contributed by atoms with Crippen LogP contribution in [0.15, 0.2) is 43.1 Å². The predicted molar refractivity (Wildman–Crippen MR) is 95.7 cm³/mol. The molecule has 0 aliphatic heterocycles. The normalized spacial score (nSPS) is 16.6. The van der Waals surface area contributed by atoms with Crippen molar-refractivity contribution in [1.82, 2.24) is 30.0 Å². The average Bonchev–Trinajstić information content (AvgIpc) is 3.14. The second-order valence-corrected chi connectivity index (χ2v) is 6.37. The molecule has 4 rings (SSSR count). The van der Waals surface area contributed by atoms with Crippen molar-refractivity contribution in [3.63, 3.8) is 0 Å². The van der Waals surface area contributed by atoms with Gasteiger partial charge in [0.15, 0.2) is 5.82 Å². The maximum Gasteiger partial charge on any atom is 0.160 e. The van der Waals surface area contributed by atoms with E-state index < -0.39 is 0 Å². The van der Waals surface area contributed by atoms with Gasteiger partial charge in [-0.3, -0.25) is 9.67 Å². The predicted octanol–water partition coefficient (Wildman–Crippen LogP) is 2.92. The fraction of sp³-hybridized carbons (Fsp3) is 0.368. The molecule has 0 amide bonds. The Balaban J connectivity index is 1.51. The molecule has 3 aromatic rings. The summed E-state index contributed by atoms with van der Waals surface area (Å²) >= 11 is 0. The molecule has 1 N–H and O–H groups in total. The Morgan fingerprint density at radius 2 is 2.24 bits per heavy atom. The highest BCUT2D eigenvalue weighted by atomic mass is 15.3. The van der Waals surface area contributed by atoms with E-state index in [1.165, 1.54) is 11.1 Å². The van der Waals surface area contributed by atoms with E-state index in [4.69, 9.17) is 4.98 Å². The first kappa shape index (κ1) is 15.9. The first-order chi connectivity index (χ1) is 12.3. The Kier molecular flexibility index (Phi) is 4.52. The van der Waals surface area contributed by atoms with Gasteiger partial charge >= 0.3 is 0 Å². The zero-order valence-electron chi connectivity index (χ0n) is 14.4. The molecule has 0 fully saturated rings. The van der Waals surface area contributed by atoms with E-state index in [2.05, 4.69) is 33.5 Å². The van der Waals surface area contributed by atoms with Crippen LogP contribution in [0.4, 0.5) is 0 Å². The lowest BCUT2D eigenvalue weighted by molar-refractivity contribution is 0.452. The van der Waals surface area contributed by atoms with Gasteiger partial charge in [-0.05, 0) is 38.3 Å². The van der Waals surface area contributed by atoms with Gasteiger partial charge in [0, 0.05) is 66.3 Å². The van der Waals surface area contributed by atoms with Crippen molar-refractivity contribution in [3.05, 3.63) is 59.9 Å². The van der Waals surface area contributed by atoms with Crippen molar-refractivity contribution >= 4 is 0 Å². The largest absolute Gasteiger partial charge is 0.306 e. The molecule has 0 saturated carbocycles. The van der Waals surface area contributed by atoms with Gasteiger partial charge in [-0.1, -0.05) is 0 Å². The zero-order valence-corrected chi connectivity index (χ0v) is 14.4. The molecule has 0 aromatic carbocycles. The third-order valence-electron chi connectivity index (χ3n) is 4.66. The maximum absolute atomic E-state index is 4.80. The van der Waals surface area contributed by atoms with E-state index in [1.54, 1.807) is 6.20 Å². The summed E-state index contributed by atoms with van der Waals surface area (Å²) in [6.45, 7) is 3.81. The van der Waals surface area contributed by atoms with Gasteiger partial charge in [-0.25, -0.2) is 9.97 Å². The molecule has 0 unspecified atom stereocenters. The number of nitrogens with one attached hydrogen (secondary N) is 1. The van der Waals surface area contributed by atoms with Crippen molar-refractivity contribution in [2.75, 3.05) is 0 Å². The molecule has 6 heteroatoms.